The zero-order chi connectivity index (χ0) is 14.6. The molecule has 0 heterocycles. The van der Waals surface area contributed by atoms with Crippen LogP contribution >= 0.6 is 0 Å². The maximum absolute atomic E-state index is 12.9. The monoisotopic (exact) mass is 272 g/mol. The predicted molar refractivity (Wildman–Crippen MR) is 66.3 cm³/mol. The Kier molecular flexibility index (Phi) is 4.75. The third kappa shape index (κ3) is 3.59. The second kappa shape index (κ2) is 5.91. The highest BCUT2D eigenvalue weighted by atomic mass is 19.4. The van der Waals surface area contributed by atoms with E-state index in [1.165, 1.54) is 32.0 Å². The van der Waals surface area contributed by atoms with Gasteiger partial charge < -0.3 is 4.74 Å². The molecule has 1 aromatic carbocycles. The number of esters is 1. The molecule has 5 heteroatoms. The number of benzene rings is 1. The highest BCUT2D eigenvalue weighted by Gasteiger charge is 2.33. The first kappa shape index (κ1) is 15.3. The third-order valence-corrected chi connectivity index (χ3v) is 2.78. The summed E-state index contributed by atoms with van der Waals surface area (Å²) in [4.78, 5) is 11.6. The summed E-state index contributed by atoms with van der Waals surface area (Å²) in [6, 6.07) is 5.17. The average Bonchev–Trinajstić information content (AvgIpc) is 2.36. The Hall–Kier alpha value is -1.78. The maximum Gasteiger partial charge on any atom is 0.416 e. The summed E-state index contributed by atoms with van der Waals surface area (Å²) in [6.07, 6.45) is -4.45. The zero-order valence-corrected chi connectivity index (χ0v) is 11.0. The highest BCUT2D eigenvalue weighted by Crippen LogP contribution is 2.35. The molecule has 0 radical (unpaired) electrons. The van der Waals surface area contributed by atoms with Crippen molar-refractivity contribution in [3.63, 3.8) is 0 Å². The van der Waals surface area contributed by atoms with Gasteiger partial charge in [-0.3, -0.25) is 0 Å². The summed E-state index contributed by atoms with van der Waals surface area (Å²) in [5.74, 6) is -0.600. The Morgan fingerprint density at radius 3 is 2.32 bits per heavy atom. The van der Waals surface area contributed by atoms with E-state index in [0.717, 1.165) is 6.07 Å². The van der Waals surface area contributed by atoms with Crippen LogP contribution in [-0.4, -0.2) is 12.6 Å². The largest absolute Gasteiger partial charge is 0.463 e. The van der Waals surface area contributed by atoms with Crippen molar-refractivity contribution in [2.75, 3.05) is 6.61 Å². The fourth-order valence-corrected chi connectivity index (χ4v) is 1.65. The smallest absolute Gasteiger partial charge is 0.416 e. The minimum Gasteiger partial charge on any atom is -0.463 e. The Labute approximate surface area is 109 Å². The van der Waals surface area contributed by atoms with Crippen LogP contribution in [0.2, 0.25) is 0 Å². The van der Waals surface area contributed by atoms with E-state index in [9.17, 15) is 18.0 Å². The lowest BCUT2D eigenvalue weighted by Gasteiger charge is -2.14. The standard InChI is InChI=1S/C14H15F3O2/c1-4-19-13(18)10(3)9(2)11-7-5-6-8-12(11)14(15,16)17/h5-8H,4H2,1-3H3/b10-9-. The summed E-state index contributed by atoms with van der Waals surface area (Å²) in [6.45, 7) is 4.77. The van der Waals surface area contributed by atoms with Gasteiger partial charge in [-0.05, 0) is 38.0 Å². The van der Waals surface area contributed by atoms with E-state index in [2.05, 4.69) is 0 Å². The molecule has 0 spiro atoms. The van der Waals surface area contributed by atoms with E-state index in [-0.39, 0.29) is 23.3 Å². The Balaban J connectivity index is 3.31. The van der Waals surface area contributed by atoms with Crippen LogP contribution in [0.3, 0.4) is 0 Å². The van der Waals surface area contributed by atoms with E-state index in [0.29, 0.717) is 0 Å². The van der Waals surface area contributed by atoms with Crippen molar-refractivity contribution in [3.05, 3.63) is 41.0 Å². The predicted octanol–water partition coefficient (Wildman–Crippen LogP) is 4.06. The fourth-order valence-electron chi connectivity index (χ4n) is 1.65. The molecule has 0 saturated carbocycles. The number of alkyl halides is 3. The summed E-state index contributed by atoms with van der Waals surface area (Å²) < 4.78 is 43.4. The molecular formula is C14H15F3O2. The van der Waals surface area contributed by atoms with Crippen LogP contribution in [0.25, 0.3) is 5.57 Å². The number of halogens is 3. The van der Waals surface area contributed by atoms with E-state index in [4.69, 9.17) is 4.74 Å². The van der Waals surface area contributed by atoms with Gasteiger partial charge in [-0.25, -0.2) is 4.79 Å². The number of hydrogen-bond donors (Lipinski definition) is 0. The topological polar surface area (TPSA) is 26.3 Å². The molecule has 0 amide bonds. The number of rotatable bonds is 3. The van der Waals surface area contributed by atoms with Crippen LogP contribution in [0.4, 0.5) is 13.2 Å². The number of hydrogen-bond acceptors (Lipinski definition) is 2. The lowest BCUT2D eigenvalue weighted by molar-refractivity contribution is -0.139. The van der Waals surface area contributed by atoms with Gasteiger partial charge in [0.2, 0.25) is 0 Å². The molecule has 0 aromatic heterocycles. The van der Waals surface area contributed by atoms with Gasteiger partial charge >= 0.3 is 12.1 Å². The van der Waals surface area contributed by atoms with E-state index in [1.54, 1.807) is 6.92 Å². The number of ether oxygens (including phenoxy) is 1. The van der Waals surface area contributed by atoms with Crippen molar-refractivity contribution in [3.8, 4) is 0 Å². The summed E-state index contributed by atoms with van der Waals surface area (Å²) >= 11 is 0. The van der Waals surface area contributed by atoms with Crippen LogP contribution in [0.5, 0.6) is 0 Å². The first-order valence-corrected chi connectivity index (χ1v) is 5.80. The molecule has 1 rings (SSSR count). The van der Waals surface area contributed by atoms with Crippen LogP contribution < -0.4 is 0 Å². The SMILES string of the molecule is CCOC(=O)/C(C)=C(/C)c1ccccc1C(F)(F)F. The van der Waals surface area contributed by atoms with Gasteiger partial charge in [-0.15, -0.1) is 0 Å². The summed E-state index contributed by atoms with van der Waals surface area (Å²) in [7, 11) is 0. The van der Waals surface area contributed by atoms with Gasteiger partial charge in [-0.2, -0.15) is 13.2 Å². The molecule has 0 bridgehead atoms. The van der Waals surface area contributed by atoms with Crippen molar-refractivity contribution >= 4 is 11.5 Å². The quantitative estimate of drug-likeness (QED) is 0.612. The first-order valence-electron chi connectivity index (χ1n) is 5.80. The van der Waals surface area contributed by atoms with E-state index >= 15 is 0 Å². The number of allylic oxidation sites excluding steroid dienone is 1. The van der Waals surface area contributed by atoms with Crippen LogP contribution in [0.1, 0.15) is 31.9 Å². The van der Waals surface area contributed by atoms with Crippen molar-refractivity contribution in [1.82, 2.24) is 0 Å². The molecule has 0 unspecified atom stereocenters. The lowest BCUT2D eigenvalue weighted by atomic mass is 9.97. The molecule has 0 saturated heterocycles. The normalized spacial score (nSPS) is 12.9. The van der Waals surface area contributed by atoms with Crippen molar-refractivity contribution in [1.29, 1.82) is 0 Å². The van der Waals surface area contributed by atoms with Crippen molar-refractivity contribution < 1.29 is 22.7 Å². The lowest BCUT2D eigenvalue weighted by Crippen LogP contribution is -2.11. The molecule has 0 atom stereocenters. The molecule has 0 aliphatic rings. The molecule has 0 aliphatic heterocycles. The molecule has 2 nitrogen and oxygen atoms in total. The molecule has 19 heavy (non-hydrogen) atoms. The van der Waals surface area contributed by atoms with Crippen LogP contribution in [0, 0.1) is 0 Å². The van der Waals surface area contributed by atoms with Gasteiger partial charge in [0.05, 0.1) is 12.2 Å². The number of carbonyl (C=O) groups excluding carboxylic acids is 1. The third-order valence-electron chi connectivity index (χ3n) is 2.78. The Morgan fingerprint density at radius 1 is 1.21 bits per heavy atom. The molecule has 0 fully saturated rings. The van der Waals surface area contributed by atoms with Gasteiger partial charge in [0.15, 0.2) is 0 Å². The average molecular weight is 272 g/mol. The second-order valence-corrected chi connectivity index (χ2v) is 4.01. The van der Waals surface area contributed by atoms with Crippen LogP contribution in [-0.2, 0) is 15.7 Å². The van der Waals surface area contributed by atoms with E-state index in [1.807, 2.05) is 0 Å². The molecular weight excluding hydrogens is 257 g/mol. The maximum atomic E-state index is 12.9. The fraction of sp³-hybridized carbons (Fsp3) is 0.357. The summed E-state index contributed by atoms with van der Waals surface area (Å²) in [5.41, 5.74) is -0.304. The molecule has 1 aromatic rings. The van der Waals surface area contributed by atoms with Crippen molar-refractivity contribution in [2.45, 2.75) is 26.9 Å². The minimum absolute atomic E-state index is 0.000512. The zero-order valence-electron chi connectivity index (χ0n) is 11.0. The first-order chi connectivity index (χ1) is 8.79. The van der Waals surface area contributed by atoms with Gasteiger partial charge in [0.1, 0.15) is 0 Å². The molecule has 0 N–H and O–H groups in total. The second-order valence-electron chi connectivity index (χ2n) is 4.01. The Bertz CT molecular complexity index is 502. The Morgan fingerprint density at radius 2 is 1.79 bits per heavy atom. The van der Waals surface area contributed by atoms with Gasteiger partial charge in [-0.1, -0.05) is 18.2 Å². The van der Waals surface area contributed by atoms with Crippen molar-refractivity contribution in [2.24, 2.45) is 0 Å². The van der Waals surface area contributed by atoms with Gasteiger partial charge in [0.25, 0.3) is 0 Å². The highest BCUT2D eigenvalue weighted by molar-refractivity contribution is 5.97. The van der Waals surface area contributed by atoms with E-state index < -0.39 is 17.7 Å². The minimum atomic E-state index is -4.45. The molecule has 0 aliphatic carbocycles. The van der Waals surface area contributed by atoms with Crippen LogP contribution in [0.15, 0.2) is 29.8 Å². The summed E-state index contributed by atoms with van der Waals surface area (Å²) in [5, 5.41) is 0. The molecule has 104 valence electrons. The van der Waals surface area contributed by atoms with Gasteiger partial charge in [0, 0.05) is 5.57 Å². The number of carbonyl (C=O) groups is 1.